The highest BCUT2D eigenvalue weighted by Crippen LogP contribution is 2.32. The van der Waals surface area contributed by atoms with Gasteiger partial charge in [0.2, 0.25) is 5.30 Å². The van der Waals surface area contributed by atoms with Crippen molar-refractivity contribution in [2.45, 2.75) is 13.3 Å². The Morgan fingerprint density at radius 1 is 1.17 bits per heavy atom. The number of nitrogens with two attached hydrogens (primary N) is 1. The first-order chi connectivity index (χ1) is 8.65. The van der Waals surface area contributed by atoms with Gasteiger partial charge in [-0.1, -0.05) is 37.3 Å². The van der Waals surface area contributed by atoms with Gasteiger partial charge in [0.05, 0.1) is 0 Å². The minimum atomic E-state index is -2.38. The van der Waals surface area contributed by atoms with Crippen LogP contribution in [-0.4, -0.2) is 4.89 Å². The molecule has 0 amide bonds. The predicted molar refractivity (Wildman–Crippen MR) is 75.1 cm³/mol. The zero-order valence-corrected chi connectivity index (χ0v) is 11.0. The lowest BCUT2D eigenvalue weighted by atomic mass is 9.97. The normalized spacial score (nSPS) is 11.3. The summed E-state index contributed by atoms with van der Waals surface area (Å²) in [6.45, 7) is 2.02. The van der Waals surface area contributed by atoms with Gasteiger partial charge >= 0.3 is 8.03 Å². The summed E-state index contributed by atoms with van der Waals surface area (Å²) in [4.78, 5) is 9.45. The Morgan fingerprint density at radius 2 is 1.89 bits per heavy atom. The van der Waals surface area contributed by atoms with Crippen molar-refractivity contribution in [3.63, 3.8) is 0 Å². The fourth-order valence-corrected chi connectivity index (χ4v) is 2.75. The summed E-state index contributed by atoms with van der Waals surface area (Å²) in [7, 11) is -2.38. The minimum Gasteiger partial charge on any atom is -0.398 e. The van der Waals surface area contributed by atoms with Gasteiger partial charge in [-0.15, -0.1) is 0 Å². The lowest BCUT2D eigenvalue weighted by Crippen LogP contribution is -2.06. The van der Waals surface area contributed by atoms with Gasteiger partial charge in [-0.3, -0.25) is 0 Å². The van der Waals surface area contributed by atoms with Crippen molar-refractivity contribution in [2.75, 3.05) is 5.73 Å². The predicted octanol–water partition coefficient (Wildman–Crippen LogP) is 2.86. The summed E-state index contributed by atoms with van der Waals surface area (Å²) in [5, 5.41) is 0.447. The van der Waals surface area contributed by atoms with E-state index >= 15 is 0 Å². The molecule has 0 aliphatic heterocycles. The molecule has 0 radical (unpaired) electrons. The molecule has 4 heteroatoms. The number of para-hydroxylation sites is 1. The van der Waals surface area contributed by atoms with Crippen molar-refractivity contribution in [2.24, 2.45) is 0 Å². The zero-order chi connectivity index (χ0) is 13.1. The summed E-state index contributed by atoms with van der Waals surface area (Å²) in [6, 6.07) is 12.9. The van der Waals surface area contributed by atoms with Crippen molar-refractivity contribution in [3.8, 4) is 11.1 Å². The van der Waals surface area contributed by atoms with Gasteiger partial charge in [-0.05, 0) is 28.7 Å². The van der Waals surface area contributed by atoms with Gasteiger partial charge in [-0.2, -0.15) is 4.89 Å². The van der Waals surface area contributed by atoms with E-state index in [-0.39, 0.29) is 0 Å². The van der Waals surface area contributed by atoms with Crippen LogP contribution < -0.4 is 11.0 Å². The van der Waals surface area contributed by atoms with Gasteiger partial charge in [0.25, 0.3) is 0 Å². The Hall–Kier alpha value is -1.70. The number of benzene rings is 2. The Balaban J connectivity index is 2.76. The van der Waals surface area contributed by atoms with Crippen molar-refractivity contribution in [3.05, 3.63) is 48.0 Å². The lowest BCUT2D eigenvalue weighted by Gasteiger charge is -2.10. The maximum atomic E-state index is 11.5. The highest BCUT2D eigenvalue weighted by Gasteiger charge is 2.25. The molecule has 0 heterocycles. The number of aryl methyl sites for hydroxylation is 1. The van der Waals surface area contributed by atoms with Crippen LogP contribution in [0, 0.1) is 0 Å². The first kappa shape index (κ1) is 12.7. The summed E-state index contributed by atoms with van der Waals surface area (Å²) in [5.41, 5.74) is 9.24. The fourth-order valence-electron chi connectivity index (χ4n) is 2.08. The van der Waals surface area contributed by atoms with Gasteiger partial charge < -0.3 is 5.73 Å². The number of nitrogen functional groups attached to an aromatic ring is 1. The number of hydrogen-bond donors (Lipinski definition) is 2. The van der Waals surface area contributed by atoms with E-state index in [1.54, 1.807) is 18.2 Å². The average molecular weight is 260 g/mol. The Kier molecular flexibility index (Phi) is 3.75. The summed E-state index contributed by atoms with van der Waals surface area (Å²) in [6.07, 6.45) is 0.792. The summed E-state index contributed by atoms with van der Waals surface area (Å²) in [5.74, 6) is 0. The van der Waals surface area contributed by atoms with E-state index in [2.05, 4.69) is 0 Å². The van der Waals surface area contributed by atoms with Crippen LogP contribution in [0.1, 0.15) is 12.5 Å². The molecule has 3 nitrogen and oxygen atoms in total. The fraction of sp³-hybridized carbons (Fsp3) is 0.143. The van der Waals surface area contributed by atoms with E-state index in [9.17, 15) is 9.46 Å². The van der Waals surface area contributed by atoms with E-state index in [0.717, 1.165) is 23.1 Å². The minimum absolute atomic E-state index is 0.447. The van der Waals surface area contributed by atoms with Gasteiger partial charge in [-0.25, -0.2) is 0 Å². The molecule has 92 valence electrons. The molecule has 0 spiro atoms. The molecule has 0 saturated heterocycles. The van der Waals surface area contributed by atoms with Gasteiger partial charge in [0, 0.05) is 16.8 Å². The molecule has 2 aromatic rings. The van der Waals surface area contributed by atoms with Crippen LogP contribution in [0.2, 0.25) is 0 Å². The molecule has 2 aromatic carbocycles. The van der Waals surface area contributed by atoms with Crippen molar-refractivity contribution < 1.29 is 9.46 Å². The molecule has 0 aromatic heterocycles. The van der Waals surface area contributed by atoms with Gasteiger partial charge in [0.1, 0.15) is 0 Å². The molecule has 0 aliphatic carbocycles. The smallest absolute Gasteiger partial charge is 0.398 e. The first-order valence-corrected chi connectivity index (χ1v) is 6.99. The molecule has 0 fully saturated rings. The van der Waals surface area contributed by atoms with Crippen LogP contribution >= 0.6 is 8.03 Å². The maximum Gasteiger partial charge on any atom is 0.546 e. The number of anilines is 1. The third-order valence-electron chi connectivity index (χ3n) is 2.95. The molecular weight excluding hydrogens is 245 g/mol. The maximum absolute atomic E-state index is 11.5. The van der Waals surface area contributed by atoms with Crippen molar-refractivity contribution in [1.82, 2.24) is 0 Å². The topological polar surface area (TPSA) is 63.3 Å². The SMILES string of the molecule is CCc1cccc([P+](=O)O)c1-c1ccccc1N. The standard InChI is InChI=1S/C14H14NO2P/c1-2-10-6-5-9-13(18(16)17)14(10)11-7-3-4-8-12(11)15/h3-9H,2,15H2,1H3/p+1. The first-order valence-electron chi connectivity index (χ1n) is 5.78. The Morgan fingerprint density at radius 3 is 2.50 bits per heavy atom. The molecule has 0 aliphatic rings. The monoisotopic (exact) mass is 260 g/mol. The Bertz CT molecular complexity index is 596. The third kappa shape index (κ3) is 2.28. The molecule has 1 unspecified atom stereocenters. The molecule has 0 bridgehead atoms. The van der Waals surface area contributed by atoms with Crippen LogP contribution in [0.5, 0.6) is 0 Å². The molecule has 1 atom stereocenters. The van der Waals surface area contributed by atoms with Crippen molar-refractivity contribution in [1.29, 1.82) is 0 Å². The quantitative estimate of drug-likeness (QED) is 0.659. The molecular formula is C14H15NO2P+. The van der Waals surface area contributed by atoms with Crippen LogP contribution in [0.4, 0.5) is 5.69 Å². The van der Waals surface area contributed by atoms with Gasteiger partial charge in [0.15, 0.2) is 0 Å². The van der Waals surface area contributed by atoms with Crippen molar-refractivity contribution >= 4 is 19.0 Å². The zero-order valence-electron chi connectivity index (χ0n) is 10.1. The van der Waals surface area contributed by atoms with E-state index < -0.39 is 8.03 Å². The van der Waals surface area contributed by atoms with E-state index in [0.29, 0.717) is 11.0 Å². The number of rotatable bonds is 3. The third-order valence-corrected chi connectivity index (χ3v) is 3.73. The molecule has 2 rings (SSSR count). The van der Waals surface area contributed by atoms with Crippen LogP contribution in [0.15, 0.2) is 42.5 Å². The average Bonchev–Trinajstić information content (AvgIpc) is 2.38. The second-order valence-electron chi connectivity index (χ2n) is 4.03. The second-order valence-corrected chi connectivity index (χ2v) is 5.05. The second kappa shape index (κ2) is 5.30. The highest BCUT2D eigenvalue weighted by atomic mass is 31.1. The number of hydrogen-bond acceptors (Lipinski definition) is 2. The van der Waals surface area contributed by atoms with E-state index in [4.69, 9.17) is 5.73 Å². The largest absolute Gasteiger partial charge is 0.546 e. The Labute approximate surface area is 107 Å². The molecule has 18 heavy (non-hydrogen) atoms. The van der Waals surface area contributed by atoms with Crippen LogP contribution in [0.25, 0.3) is 11.1 Å². The van der Waals surface area contributed by atoms with Crippen LogP contribution in [-0.2, 0) is 11.0 Å². The van der Waals surface area contributed by atoms with Crippen LogP contribution in [0.3, 0.4) is 0 Å². The van der Waals surface area contributed by atoms with E-state index in [1.807, 2.05) is 31.2 Å². The molecule has 3 N–H and O–H groups in total. The van der Waals surface area contributed by atoms with E-state index in [1.165, 1.54) is 0 Å². The molecule has 0 saturated carbocycles. The summed E-state index contributed by atoms with van der Waals surface area (Å²) < 4.78 is 11.5. The summed E-state index contributed by atoms with van der Waals surface area (Å²) >= 11 is 0. The lowest BCUT2D eigenvalue weighted by molar-refractivity contribution is 0.513. The highest BCUT2D eigenvalue weighted by molar-refractivity contribution is 7.47.